The highest BCUT2D eigenvalue weighted by Gasteiger charge is 2.31. The van der Waals surface area contributed by atoms with E-state index in [0.717, 1.165) is 32.5 Å². The first kappa shape index (κ1) is 23.0. The number of hydrogen-bond acceptors (Lipinski definition) is 3. The monoisotopic (exact) mass is 446 g/mol. The number of carbonyl (C=O) groups excluding carboxylic acids is 1. The van der Waals surface area contributed by atoms with Crippen molar-refractivity contribution >= 4 is 11.6 Å². The lowest BCUT2D eigenvalue weighted by Crippen LogP contribution is -2.47. The molecule has 5 heteroatoms. The van der Waals surface area contributed by atoms with Gasteiger partial charge in [-0.3, -0.25) is 9.69 Å². The van der Waals surface area contributed by atoms with Crippen LogP contribution in [0, 0.1) is 19.7 Å². The number of hydrogen-bond donors (Lipinski definition) is 0. The van der Waals surface area contributed by atoms with Gasteiger partial charge in [0.2, 0.25) is 0 Å². The van der Waals surface area contributed by atoms with E-state index in [1.165, 1.54) is 28.8 Å². The van der Waals surface area contributed by atoms with E-state index in [4.69, 9.17) is 4.74 Å². The van der Waals surface area contributed by atoms with Crippen molar-refractivity contribution in [1.29, 1.82) is 0 Å². The summed E-state index contributed by atoms with van der Waals surface area (Å²) in [4.78, 5) is 18.0. The first-order valence-corrected chi connectivity index (χ1v) is 11.5. The molecule has 0 saturated carbocycles. The summed E-state index contributed by atoms with van der Waals surface area (Å²) in [6.07, 6.45) is 1.70. The number of ether oxygens (including phenoxy) is 1. The topological polar surface area (TPSA) is 32.8 Å². The highest BCUT2D eigenvalue weighted by atomic mass is 19.1. The Bertz CT molecular complexity index is 1110. The zero-order valence-corrected chi connectivity index (χ0v) is 19.6. The molecule has 4 nitrogen and oxygen atoms in total. The molecule has 1 aliphatic rings. The first-order chi connectivity index (χ1) is 16.0. The average molecular weight is 447 g/mol. The van der Waals surface area contributed by atoms with Crippen molar-refractivity contribution in [3.05, 3.63) is 94.8 Å². The first-order valence-electron chi connectivity index (χ1n) is 11.5. The maximum atomic E-state index is 13.7. The van der Waals surface area contributed by atoms with Crippen LogP contribution in [0.4, 0.5) is 10.1 Å². The molecule has 1 heterocycles. The van der Waals surface area contributed by atoms with Gasteiger partial charge < -0.3 is 9.64 Å². The zero-order chi connectivity index (χ0) is 23.4. The lowest BCUT2D eigenvalue weighted by molar-refractivity contribution is 0.0955. The van der Waals surface area contributed by atoms with Crippen LogP contribution in [0.25, 0.3) is 0 Å². The predicted molar refractivity (Wildman–Crippen MR) is 130 cm³/mol. The minimum absolute atomic E-state index is 0.0314. The summed E-state index contributed by atoms with van der Waals surface area (Å²) in [5.41, 5.74) is 5.16. The Morgan fingerprint density at radius 2 is 1.70 bits per heavy atom. The van der Waals surface area contributed by atoms with Crippen molar-refractivity contribution in [2.75, 3.05) is 25.1 Å². The third-order valence-corrected chi connectivity index (χ3v) is 6.56. The fourth-order valence-electron chi connectivity index (χ4n) is 4.54. The summed E-state index contributed by atoms with van der Waals surface area (Å²) < 4.78 is 19.1. The minimum Gasteiger partial charge on any atom is -0.496 e. The number of amides is 1. The third kappa shape index (κ3) is 5.25. The molecular formula is C28H31FN2O2. The van der Waals surface area contributed by atoms with Gasteiger partial charge in [0.25, 0.3) is 5.91 Å². The van der Waals surface area contributed by atoms with Gasteiger partial charge in [0.1, 0.15) is 11.6 Å². The molecule has 1 fully saturated rings. The number of rotatable bonds is 6. The fourth-order valence-corrected chi connectivity index (χ4v) is 4.54. The average Bonchev–Trinajstić information content (AvgIpc) is 2.83. The Kier molecular flexibility index (Phi) is 7.09. The van der Waals surface area contributed by atoms with E-state index in [0.29, 0.717) is 17.0 Å². The molecule has 4 rings (SSSR count). The second kappa shape index (κ2) is 10.2. The molecule has 33 heavy (non-hydrogen) atoms. The van der Waals surface area contributed by atoms with Crippen LogP contribution in [0.5, 0.6) is 5.75 Å². The predicted octanol–water partition coefficient (Wildman–Crippen LogP) is 5.76. The second-order valence-corrected chi connectivity index (χ2v) is 8.78. The number of halogens is 1. The molecule has 0 radical (unpaired) electrons. The molecule has 0 N–H and O–H groups in total. The summed E-state index contributed by atoms with van der Waals surface area (Å²) in [5, 5.41) is 0. The van der Waals surface area contributed by atoms with E-state index in [9.17, 15) is 9.18 Å². The van der Waals surface area contributed by atoms with E-state index in [2.05, 4.69) is 36.9 Å². The third-order valence-electron chi connectivity index (χ3n) is 6.56. The number of methoxy groups -OCH3 is 1. The summed E-state index contributed by atoms with van der Waals surface area (Å²) in [6.45, 7) is 6.98. The Morgan fingerprint density at radius 3 is 2.36 bits per heavy atom. The van der Waals surface area contributed by atoms with Crippen molar-refractivity contribution in [3.63, 3.8) is 0 Å². The van der Waals surface area contributed by atoms with Crippen molar-refractivity contribution in [2.45, 2.75) is 39.3 Å². The fraction of sp³-hybridized carbons (Fsp3) is 0.321. The summed E-state index contributed by atoms with van der Waals surface area (Å²) in [6, 6.07) is 20.1. The Labute approximate surface area is 195 Å². The van der Waals surface area contributed by atoms with Crippen LogP contribution in [0.15, 0.2) is 66.7 Å². The van der Waals surface area contributed by atoms with E-state index in [1.807, 2.05) is 17.0 Å². The van der Waals surface area contributed by atoms with Crippen LogP contribution in [0.2, 0.25) is 0 Å². The van der Waals surface area contributed by atoms with Gasteiger partial charge in [0.15, 0.2) is 0 Å². The molecule has 1 amide bonds. The Balaban J connectivity index is 1.53. The van der Waals surface area contributed by atoms with Gasteiger partial charge >= 0.3 is 0 Å². The van der Waals surface area contributed by atoms with Crippen molar-refractivity contribution < 1.29 is 13.9 Å². The van der Waals surface area contributed by atoms with Gasteiger partial charge in [-0.2, -0.15) is 0 Å². The van der Waals surface area contributed by atoms with Gasteiger partial charge in [0, 0.05) is 31.4 Å². The number of piperidine rings is 1. The number of likely N-dealkylation sites (tertiary alicyclic amines) is 1. The SMILES string of the molecule is COc1ccccc1C(=O)N(c1ccc(F)cc1)C1CCN(Cc2ccc(C)c(C)c2)CC1. The molecule has 0 aliphatic carbocycles. The summed E-state index contributed by atoms with van der Waals surface area (Å²) >= 11 is 0. The van der Waals surface area contributed by atoms with Crippen molar-refractivity contribution in [2.24, 2.45) is 0 Å². The Hall–Kier alpha value is -3.18. The molecule has 172 valence electrons. The Morgan fingerprint density at radius 1 is 1.00 bits per heavy atom. The van der Waals surface area contributed by atoms with Gasteiger partial charge in [-0.25, -0.2) is 4.39 Å². The van der Waals surface area contributed by atoms with Crippen LogP contribution in [-0.2, 0) is 6.54 Å². The molecule has 0 atom stereocenters. The maximum absolute atomic E-state index is 13.7. The maximum Gasteiger partial charge on any atom is 0.262 e. The van der Waals surface area contributed by atoms with Crippen LogP contribution >= 0.6 is 0 Å². The number of aryl methyl sites for hydroxylation is 2. The van der Waals surface area contributed by atoms with E-state index < -0.39 is 0 Å². The molecule has 0 unspecified atom stereocenters. The quantitative estimate of drug-likeness (QED) is 0.482. The number of carbonyl (C=O) groups is 1. The van der Waals surface area contributed by atoms with Crippen LogP contribution in [-0.4, -0.2) is 37.0 Å². The lowest BCUT2D eigenvalue weighted by atomic mass is 9.99. The zero-order valence-electron chi connectivity index (χ0n) is 19.6. The standard InChI is InChI=1S/C28H31FN2O2/c1-20-8-9-22(18-21(20)2)19-30-16-14-25(15-17-30)31(24-12-10-23(29)11-13-24)28(32)26-6-4-5-7-27(26)33-3/h4-13,18,25H,14-17,19H2,1-3H3. The van der Waals surface area contributed by atoms with Crippen LogP contribution in [0.1, 0.15) is 39.9 Å². The molecular weight excluding hydrogens is 415 g/mol. The molecule has 0 spiro atoms. The van der Waals surface area contributed by atoms with Crippen LogP contribution in [0.3, 0.4) is 0 Å². The normalized spacial score (nSPS) is 14.8. The molecule has 1 saturated heterocycles. The van der Waals surface area contributed by atoms with Crippen molar-refractivity contribution in [1.82, 2.24) is 4.90 Å². The summed E-state index contributed by atoms with van der Waals surface area (Å²) in [7, 11) is 1.57. The lowest BCUT2D eigenvalue weighted by Gasteiger charge is -2.39. The van der Waals surface area contributed by atoms with Crippen LogP contribution < -0.4 is 9.64 Å². The van der Waals surface area contributed by atoms with Gasteiger partial charge in [-0.1, -0.05) is 30.3 Å². The van der Waals surface area contributed by atoms with E-state index in [1.54, 1.807) is 31.4 Å². The number of para-hydroxylation sites is 1. The van der Waals surface area contributed by atoms with Gasteiger partial charge in [-0.15, -0.1) is 0 Å². The summed E-state index contributed by atoms with van der Waals surface area (Å²) in [5.74, 6) is 0.111. The molecule has 3 aromatic rings. The molecule has 1 aliphatic heterocycles. The molecule has 0 aromatic heterocycles. The van der Waals surface area contributed by atoms with Gasteiger partial charge in [0.05, 0.1) is 12.7 Å². The minimum atomic E-state index is -0.313. The second-order valence-electron chi connectivity index (χ2n) is 8.78. The number of benzene rings is 3. The largest absolute Gasteiger partial charge is 0.496 e. The molecule has 0 bridgehead atoms. The highest BCUT2D eigenvalue weighted by molar-refractivity contribution is 6.08. The van der Waals surface area contributed by atoms with E-state index >= 15 is 0 Å². The smallest absolute Gasteiger partial charge is 0.262 e. The van der Waals surface area contributed by atoms with Gasteiger partial charge in [-0.05, 0) is 79.8 Å². The van der Waals surface area contributed by atoms with Crippen molar-refractivity contribution in [3.8, 4) is 5.75 Å². The number of anilines is 1. The highest BCUT2D eigenvalue weighted by Crippen LogP contribution is 2.29. The number of nitrogens with zero attached hydrogens (tertiary/aromatic N) is 2. The van der Waals surface area contributed by atoms with E-state index in [-0.39, 0.29) is 17.8 Å². The molecule has 3 aromatic carbocycles.